The number of rotatable bonds is 4. The van der Waals surface area contributed by atoms with Crippen LogP contribution in [0.5, 0.6) is 0 Å². The number of nitrogens with zero attached hydrogens (tertiary/aromatic N) is 1. The van der Waals surface area contributed by atoms with Crippen LogP contribution >= 0.6 is 0 Å². The zero-order valence-electron chi connectivity index (χ0n) is 12.1. The fraction of sp³-hybridized carbons (Fsp3) is 0.500. The van der Waals surface area contributed by atoms with Crippen molar-refractivity contribution in [1.29, 1.82) is 0 Å². The molecule has 4 heteroatoms. The Balaban J connectivity index is 1.92. The van der Waals surface area contributed by atoms with Crippen LogP contribution in [0.1, 0.15) is 32.3 Å². The van der Waals surface area contributed by atoms with Crippen molar-refractivity contribution in [2.24, 2.45) is 0 Å². The first-order valence-electron chi connectivity index (χ1n) is 7.21. The highest BCUT2D eigenvalue weighted by Gasteiger charge is 2.30. The molecule has 1 aromatic carbocycles. The van der Waals surface area contributed by atoms with Crippen LogP contribution < -0.4 is 5.32 Å². The van der Waals surface area contributed by atoms with Gasteiger partial charge in [0.1, 0.15) is 6.04 Å². The van der Waals surface area contributed by atoms with E-state index in [1.165, 1.54) is 5.56 Å². The van der Waals surface area contributed by atoms with Crippen LogP contribution in [0.15, 0.2) is 30.3 Å². The van der Waals surface area contributed by atoms with Gasteiger partial charge in [-0.05, 0) is 32.3 Å². The maximum absolute atomic E-state index is 12.3. The fourth-order valence-electron chi connectivity index (χ4n) is 2.64. The van der Waals surface area contributed by atoms with Crippen LogP contribution in [-0.4, -0.2) is 35.3 Å². The first-order chi connectivity index (χ1) is 9.58. The van der Waals surface area contributed by atoms with E-state index in [0.717, 1.165) is 12.8 Å². The molecule has 0 bridgehead atoms. The molecule has 1 aliphatic rings. The predicted molar refractivity (Wildman–Crippen MR) is 78.2 cm³/mol. The molecule has 0 aliphatic carbocycles. The van der Waals surface area contributed by atoms with Crippen molar-refractivity contribution in [3.8, 4) is 0 Å². The molecule has 2 atom stereocenters. The van der Waals surface area contributed by atoms with Gasteiger partial charge in [0.15, 0.2) is 0 Å². The molecule has 1 aliphatic heterocycles. The Morgan fingerprint density at radius 3 is 2.60 bits per heavy atom. The molecule has 108 valence electrons. The van der Waals surface area contributed by atoms with Gasteiger partial charge in [0.05, 0.1) is 0 Å². The monoisotopic (exact) mass is 274 g/mol. The van der Waals surface area contributed by atoms with Crippen molar-refractivity contribution in [3.05, 3.63) is 35.9 Å². The Kier molecular flexibility index (Phi) is 4.77. The summed E-state index contributed by atoms with van der Waals surface area (Å²) in [6, 6.07) is 9.82. The summed E-state index contributed by atoms with van der Waals surface area (Å²) in [6.45, 7) is 4.40. The summed E-state index contributed by atoms with van der Waals surface area (Å²) in [4.78, 5) is 25.7. The second-order valence-corrected chi connectivity index (χ2v) is 5.46. The lowest BCUT2D eigenvalue weighted by molar-refractivity contribution is -0.134. The number of nitrogens with one attached hydrogen (secondary N) is 1. The lowest BCUT2D eigenvalue weighted by Gasteiger charge is -2.27. The van der Waals surface area contributed by atoms with Gasteiger partial charge in [0.25, 0.3) is 0 Å². The van der Waals surface area contributed by atoms with E-state index in [0.29, 0.717) is 13.0 Å². The molecule has 1 fully saturated rings. The number of aryl methyl sites for hydroxylation is 1. The van der Waals surface area contributed by atoms with Crippen LogP contribution in [0.3, 0.4) is 0 Å². The smallest absolute Gasteiger partial charge is 0.245 e. The molecule has 0 aromatic heterocycles. The van der Waals surface area contributed by atoms with Crippen LogP contribution in [0.25, 0.3) is 0 Å². The minimum atomic E-state index is -0.413. The third-order valence-electron chi connectivity index (χ3n) is 3.75. The van der Waals surface area contributed by atoms with E-state index >= 15 is 0 Å². The van der Waals surface area contributed by atoms with Crippen molar-refractivity contribution in [2.75, 3.05) is 6.54 Å². The molecule has 2 rings (SSSR count). The Morgan fingerprint density at radius 1 is 1.20 bits per heavy atom. The van der Waals surface area contributed by atoms with E-state index in [1.807, 2.05) is 30.0 Å². The van der Waals surface area contributed by atoms with Gasteiger partial charge in [0, 0.05) is 19.0 Å². The van der Waals surface area contributed by atoms with Crippen molar-refractivity contribution in [2.45, 2.75) is 45.2 Å². The standard InChI is InChI=1S/C16H22N2O2/c1-12-11-15(19)17-13(2)16(20)18(12)10-6-9-14-7-4-3-5-8-14/h3-5,7-8,12-13H,6,9-11H2,1-2H3,(H,17,19). The highest BCUT2D eigenvalue weighted by Crippen LogP contribution is 2.13. The van der Waals surface area contributed by atoms with E-state index in [-0.39, 0.29) is 17.9 Å². The molecule has 1 aromatic rings. The van der Waals surface area contributed by atoms with Crippen molar-refractivity contribution in [3.63, 3.8) is 0 Å². The van der Waals surface area contributed by atoms with Gasteiger partial charge in [-0.25, -0.2) is 0 Å². The summed E-state index contributed by atoms with van der Waals surface area (Å²) < 4.78 is 0. The van der Waals surface area contributed by atoms with Gasteiger partial charge in [-0.15, -0.1) is 0 Å². The molecule has 2 amide bonds. The van der Waals surface area contributed by atoms with E-state index in [1.54, 1.807) is 6.92 Å². The first-order valence-corrected chi connectivity index (χ1v) is 7.21. The zero-order chi connectivity index (χ0) is 14.5. The highest BCUT2D eigenvalue weighted by molar-refractivity contribution is 5.90. The minimum Gasteiger partial charge on any atom is -0.345 e. The summed E-state index contributed by atoms with van der Waals surface area (Å²) in [7, 11) is 0. The SMILES string of the molecule is CC1NC(=O)CC(C)N(CCCc2ccccc2)C1=O. The van der Waals surface area contributed by atoms with Crippen LogP contribution in [0.4, 0.5) is 0 Å². The third-order valence-corrected chi connectivity index (χ3v) is 3.75. The van der Waals surface area contributed by atoms with Gasteiger partial charge in [-0.3, -0.25) is 9.59 Å². The van der Waals surface area contributed by atoms with Crippen molar-refractivity contribution < 1.29 is 9.59 Å². The Bertz CT molecular complexity index is 473. The molecule has 0 spiro atoms. The van der Waals surface area contributed by atoms with Crippen LogP contribution in [-0.2, 0) is 16.0 Å². The fourth-order valence-corrected chi connectivity index (χ4v) is 2.64. The Labute approximate surface area is 120 Å². The van der Waals surface area contributed by atoms with Crippen molar-refractivity contribution >= 4 is 11.8 Å². The zero-order valence-corrected chi connectivity index (χ0v) is 12.1. The molecule has 20 heavy (non-hydrogen) atoms. The van der Waals surface area contributed by atoms with Gasteiger partial charge in [-0.2, -0.15) is 0 Å². The number of hydrogen-bond acceptors (Lipinski definition) is 2. The number of hydrogen-bond donors (Lipinski definition) is 1. The molecular weight excluding hydrogens is 252 g/mol. The lowest BCUT2D eigenvalue weighted by atomic mass is 10.1. The summed E-state index contributed by atoms with van der Waals surface area (Å²) in [5.41, 5.74) is 1.28. The molecule has 1 saturated heterocycles. The quantitative estimate of drug-likeness (QED) is 0.909. The largest absolute Gasteiger partial charge is 0.345 e. The summed E-state index contributed by atoms with van der Waals surface area (Å²) in [5.74, 6) is -0.0136. The predicted octanol–water partition coefficient (Wildman–Crippen LogP) is 1.74. The molecule has 0 radical (unpaired) electrons. The molecular formula is C16H22N2O2. The molecule has 0 saturated carbocycles. The normalized spacial score (nSPS) is 23.4. The Morgan fingerprint density at radius 2 is 1.90 bits per heavy atom. The molecule has 2 unspecified atom stereocenters. The second kappa shape index (κ2) is 6.55. The van der Waals surface area contributed by atoms with Gasteiger partial charge in [0.2, 0.25) is 11.8 Å². The van der Waals surface area contributed by atoms with Crippen LogP contribution in [0.2, 0.25) is 0 Å². The number of amides is 2. The molecule has 1 heterocycles. The second-order valence-electron chi connectivity index (χ2n) is 5.46. The van der Waals surface area contributed by atoms with E-state index in [2.05, 4.69) is 17.4 Å². The summed E-state index contributed by atoms with van der Waals surface area (Å²) >= 11 is 0. The topological polar surface area (TPSA) is 49.4 Å². The average Bonchev–Trinajstić information content (AvgIpc) is 2.51. The average molecular weight is 274 g/mol. The van der Waals surface area contributed by atoms with Gasteiger partial charge >= 0.3 is 0 Å². The molecule has 4 nitrogen and oxygen atoms in total. The number of carbonyl (C=O) groups is 2. The first kappa shape index (κ1) is 14.6. The lowest BCUT2D eigenvalue weighted by Crippen LogP contribution is -2.45. The van der Waals surface area contributed by atoms with Crippen molar-refractivity contribution in [1.82, 2.24) is 10.2 Å². The number of carbonyl (C=O) groups excluding carboxylic acids is 2. The van der Waals surface area contributed by atoms with Gasteiger partial charge in [-0.1, -0.05) is 30.3 Å². The van der Waals surface area contributed by atoms with E-state index < -0.39 is 6.04 Å². The molecule has 1 N–H and O–H groups in total. The number of benzene rings is 1. The Hall–Kier alpha value is -1.84. The van der Waals surface area contributed by atoms with Gasteiger partial charge < -0.3 is 10.2 Å². The maximum atomic E-state index is 12.3. The summed E-state index contributed by atoms with van der Waals surface area (Å²) in [5, 5.41) is 2.73. The van der Waals surface area contributed by atoms with E-state index in [4.69, 9.17) is 0 Å². The minimum absolute atomic E-state index is 0.0245. The summed E-state index contributed by atoms with van der Waals surface area (Å²) in [6.07, 6.45) is 2.26. The maximum Gasteiger partial charge on any atom is 0.245 e. The van der Waals surface area contributed by atoms with E-state index in [9.17, 15) is 9.59 Å². The highest BCUT2D eigenvalue weighted by atomic mass is 16.2. The van der Waals surface area contributed by atoms with Crippen LogP contribution in [0, 0.1) is 0 Å². The third kappa shape index (κ3) is 3.59.